The van der Waals surface area contributed by atoms with Gasteiger partial charge in [-0.15, -0.1) is 0 Å². The predicted octanol–water partition coefficient (Wildman–Crippen LogP) is 0.729. The largest absolute Gasteiger partial charge is 1.00 e. The Balaban J connectivity index is 0.00000205. The fraction of sp³-hybridized carbons (Fsp3) is 0.227. The van der Waals surface area contributed by atoms with E-state index in [1.807, 2.05) is 31.4 Å². The molecule has 1 aliphatic rings. The average Bonchev–Trinajstić information content (AvgIpc) is 3.17. The SMILES string of the molecule is COc1cc(OC)c2c(c[n+](C)c3c4cc5c(cc4ccc23)OCO5)c1OC.[Cl-]. The van der Waals surface area contributed by atoms with Crippen molar-refractivity contribution < 1.29 is 40.7 Å². The van der Waals surface area contributed by atoms with Gasteiger partial charge in [0.25, 0.3) is 0 Å². The van der Waals surface area contributed by atoms with Gasteiger partial charge in [0, 0.05) is 11.5 Å². The Hall–Kier alpha value is -3.12. The molecular formula is C22H20ClNO5. The first-order valence-corrected chi connectivity index (χ1v) is 8.93. The minimum atomic E-state index is 0. The molecule has 0 radical (unpaired) electrons. The van der Waals surface area contributed by atoms with E-state index in [1.54, 1.807) is 21.3 Å². The van der Waals surface area contributed by atoms with Crippen LogP contribution in [0.15, 0.2) is 36.5 Å². The van der Waals surface area contributed by atoms with Gasteiger partial charge in [0.1, 0.15) is 12.8 Å². The molecule has 0 saturated heterocycles. The van der Waals surface area contributed by atoms with Crippen LogP contribution in [0.1, 0.15) is 0 Å². The first kappa shape index (κ1) is 19.2. The van der Waals surface area contributed by atoms with Crippen molar-refractivity contribution in [1.82, 2.24) is 0 Å². The molecule has 0 aliphatic carbocycles. The predicted molar refractivity (Wildman–Crippen MR) is 106 cm³/mol. The number of methoxy groups -OCH3 is 3. The molecule has 1 aliphatic heterocycles. The second-order valence-electron chi connectivity index (χ2n) is 6.73. The monoisotopic (exact) mass is 413 g/mol. The van der Waals surface area contributed by atoms with Gasteiger partial charge in [0.2, 0.25) is 12.3 Å². The normalized spacial score (nSPS) is 12.3. The van der Waals surface area contributed by atoms with E-state index in [0.717, 1.165) is 49.7 Å². The quantitative estimate of drug-likeness (QED) is 0.366. The molecule has 5 rings (SSSR count). The number of aryl methyl sites for hydroxylation is 1. The summed E-state index contributed by atoms with van der Waals surface area (Å²) in [5, 5.41) is 5.14. The van der Waals surface area contributed by atoms with Gasteiger partial charge in [0.05, 0.1) is 37.5 Å². The number of hydrogen-bond acceptors (Lipinski definition) is 5. The van der Waals surface area contributed by atoms with E-state index in [4.69, 9.17) is 23.7 Å². The first-order valence-electron chi connectivity index (χ1n) is 8.93. The Morgan fingerprint density at radius 3 is 2.24 bits per heavy atom. The molecule has 0 unspecified atom stereocenters. The Bertz CT molecular complexity index is 1270. The van der Waals surface area contributed by atoms with Gasteiger partial charge in [-0.3, -0.25) is 0 Å². The minimum Gasteiger partial charge on any atom is -1.00 e. The summed E-state index contributed by atoms with van der Waals surface area (Å²) in [6.07, 6.45) is 2.05. The summed E-state index contributed by atoms with van der Waals surface area (Å²) in [5.41, 5.74) is 1.08. The minimum absolute atomic E-state index is 0. The van der Waals surface area contributed by atoms with Crippen LogP contribution >= 0.6 is 0 Å². The summed E-state index contributed by atoms with van der Waals surface area (Å²) in [4.78, 5) is 0. The zero-order valence-corrected chi connectivity index (χ0v) is 17.3. The lowest BCUT2D eigenvalue weighted by Gasteiger charge is -2.15. The van der Waals surface area contributed by atoms with Crippen LogP contribution in [0.3, 0.4) is 0 Å². The number of rotatable bonds is 3. The Morgan fingerprint density at radius 2 is 1.55 bits per heavy atom. The number of fused-ring (bicyclic) bond motifs is 6. The fourth-order valence-electron chi connectivity index (χ4n) is 4.10. The van der Waals surface area contributed by atoms with E-state index < -0.39 is 0 Å². The topological polar surface area (TPSA) is 50.0 Å². The highest BCUT2D eigenvalue weighted by atomic mass is 35.5. The van der Waals surface area contributed by atoms with Crippen molar-refractivity contribution in [2.45, 2.75) is 0 Å². The van der Waals surface area contributed by atoms with Gasteiger partial charge in [-0.1, -0.05) is 6.07 Å². The highest BCUT2D eigenvalue weighted by Gasteiger charge is 2.24. The maximum atomic E-state index is 5.71. The van der Waals surface area contributed by atoms with Crippen molar-refractivity contribution in [2.75, 3.05) is 28.1 Å². The summed E-state index contributed by atoms with van der Waals surface area (Å²) in [5.74, 6) is 3.59. The molecular weight excluding hydrogens is 394 g/mol. The van der Waals surface area contributed by atoms with Crippen LogP contribution in [-0.4, -0.2) is 28.1 Å². The molecule has 7 heteroatoms. The average molecular weight is 414 g/mol. The van der Waals surface area contributed by atoms with Crippen LogP contribution in [0, 0.1) is 0 Å². The van der Waals surface area contributed by atoms with Crippen molar-refractivity contribution in [3.05, 3.63) is 36.5 Å². The molecule has 4 aromatic rings. The van der Waals surface area contributed by atoms with Crippen molar-refractivity contribution in [1.29, 1.82) is 0 Å². The smallest absolute Gasteiger partial charge is 0.231 e. The van der Waals surface area contributed by atoms with E-state index in [0.29, 0.717) is 11.5 Å². The molecule has 1 aromatic heterocycles. The van der Waals surface area contributed by atoms with Crippen LogP contribution in [0.2, 0.25) is 0 Å². The number of benzene rings is 3. The third kappa shape index (κ3) is 2.67. The van der Waals surface area contributed by atoms with Gasteiger partial charge < -0.3 is 36.1 Å². The van der Waals surface area contributed by atoms with E-state index >= 15 is 0 Å². The number of halogens is 1. The maximum Gasteiger partial charge on any atom is 0.231 e. The summed E-state index contributed by atoms with van der Waals surface area (Å²) in [7, 11) is 6.96. The number of aromatic nitrogens is 1. The summed E-state index contributed by atoms with van der Waals surface area (Å²) < 4.78 is 30.1. The molecule has 0 bridgehead atoms. The van der Waals surface area contributed by atoms with Gasteiger partial charge in [-0.05, 0) is 23.6 Å². The van der Waals surface area contributed by atoms with Crippen molar-refractivity contribution >= 4 is 32.4 Å². The first-order chi connectivity index (χ1) is 13.7. The van der Waals surface area contributed by atoms with E-state index in [1.165, 1.54) is 0 Å². The molecule has 0 amide bonds. The van der Waals surface area contributed by atoms with Gasteiger partial charge in [-0.2, -0.15) is 4.57 Å². The molecule has 2 heterocycles. The Labute approximate surface area is 173 Å². The second kappa shape index (κ2) is 7.04. The van der Waals surface area contributed by atoms with E-state index in [-0.39, 0.29) is 19.2 Å². The van der Waals surface area contributed by atoms with Crippen LogP contribution < -0.4 is 40.7 Å². The molecule has 0 atom stereocenters. The molecule has 150 valence electrons. The zero-order valence-electron chi connectivity index (χ0n) is 16.5. The van der Waals surface area contributed by atoms with Gasteiger partial charge in [0.15, 0.2) is 29.2 Å². The molecule has 0 spiro atoms. The number of ether oxygens (including phenoxy) is 5. The highest BCUT2D eigenvalue weighted by Crippen LogP contribution is 2.45. The number of hydrogen-bond donors (Lipinski definition) is 0. The third-order valence-corrected chi connectivity index (χ3v) is 5.32. The molecule has 0 N–H and O–H groups in total. The third-order valence-electron chi connectivity index (χ3n) is 5.32. The molecule has 3 aromatic carbocycles. The molecule has 6 nitrogen and oxygen atoms in total. The number of nitrogens with zero attached hydrogens (tertiary/aromatic N) is 1. The highest BCUT2D eigenvalue weighted by molar-refractivity contribution is 6.17. The van der Waals surface area contributed by atoms with E-state index in [9.17, 15) is 0 Å². The van der Waals surface area contributed by atoms with Crippen LogP contribution in [0.4, 0.5) is 0 Å². The van der Waals surface area contributed by atoms with Crippen LogP contribution in [0.5, 0.6) is 28.7 Å². The van der Waals surface area contributed by atoms with E-state index in [2.05, 4.69) is 16.7 Å². The van der Waals surface area contributed by atoms with Crippen molar-refractivity contribution in [3.63, 3.8) is 0 Å². The standard InChI is InChI=1S/C22H20NO5.ClH/c1-23-10-15-20(18(24-2)9-19(25-3)22(15)26-4)13-6-5-12-7-16-17(28-11-27-16)8-14(12)21(13)23;/h5-10H,11H2,1-4H3;1H/q+1;/p-1. The lowest BCUT2D eigenvalue weighted by atomic mass is 9.99. The van der Waals surface area contributed by atoms with Gasteiger partial charge in [-0.25, -0.2) is 0 Å². The summed E-state index contributed by atoms with van der Waals surface area (Å²) in [6, 6.07) is 10.1. The van der Waals surface area contributed by atoms with Crippen molar-refractivity contribution in [2.24, 2.45) is 7.05 Å². The Kier molecular flexibility index (Phi) is 4.67. The summed E-state index contributed by atoms with van der Waals surface area (Å²) >= 11 is 0. The second-order valence-corrected chi connectivity index (χ2v) is 6.73. The van der Waals surface area contributed by atoms with Crippen LogP contribution in [-0.2, 0) is 7.05 Å². The molecule has 0 saturated carbocycles. The van der Waals surface area contributed by atoms with Gasteiger partial charge >= 0.3 is 0 Å². The zero-order chi connectivity index (χ0) is 19.4. The molecule has 0 fully saturated rings. The fourth-order valence-corrected chi connectivity index (χ4v) is 4.10. The lowest BCUT2D eigenvalue weighted by Crippen LogP contribution is -3.00. The maximum absolute atomic E-state index is 5.71. The van der Waals surface area contributed by atoms with Crippen molar-refractivity contribution in [3.8, 4) is 28.7 Å². The number of pyridine rings is 1. The molecule has 29 heavy (non-hydrogen) atoms. The lowest BCUT2D eigenvalue weighted by molar-refractivity contribution is -0.642. The Morgan fingerprint density at radius 1 is 0.828 bits per heavy atom. The van der Waals surface area contributed by atoms with Crippen LogP contribution in [0.25, 0.3) is 32.4 Å². The summed E-state index contributed by atoms with van der Waals surface area (Å²) in [6.45, 7) is 0.253.